The van der Waals surface area contributed by atoms with Gasteiger partial charge in [0.05, 0.1) is 11.0 Å². The number of para-hydroxylation sites is 3. The molecule has 2 heterocycles. The van der Waals surface area contributed by atoms with E-state index in [0.717, 1.165) is 29.0 Å². The van der Waals surface area contributed by atoms with Gasteiger partial charge in [-0.05, 0) is 23.8 Å². The van der Waals surface area contributed by atoms with Crippen LogP contribution in [0.3, 0.4) is 0 Å². The Morgan fingerprint density at radius 3 is 2.78 bits per heavy atom. The molecule has 0 spiro atoms. The number of fused-ring (bicyclic) bond motifs is 2. The second-order valence-electron chi connectivity index (χ2n) is 4.56. The van der Waals surface area contributed by atoms with E-state index in [-0.39, 0.29) is 6.10 Å². The van der Waals surface area contributed by atoms with Gasteiger partial charge >= 0.3 is 0 Å². The molecule has 3 heteroatoms. The van der Waals surface area contributed by atoms with E-state index in [1.807, 2.05) is 42.5 Å². The number of aromatic nitrogens is 2. The quantitative estimate of drug-likeness (QED) is 0.704. The Hall–Kier alpha value is -2.29. The molecule has 0 fully saturated rings. The molecule has 1 unspecified atom stereocenters. The molecule has 1 atom stereocenters. The van der Waals surface area contributed by atoms with E-state index in [1.54, 1.807) is 0 Å². The minimum absolute atomic E-state index is 0.00907. The van der Waals surface area contributed by atoms with Crippen molar-refractivity contribution >= 4 is 11.0 Å². The predicted molar refractivity (Wildman–Crippen MR) is 69.6 cm³/mol. The number of benzene rings is 2. The first-order valence-corrected chi connectivity index (χ1v) is 6.09. The van der Waals surface area contributed by atoms with Crippen LogP contribution in [0.2, 0.25) is 0 Å². The largest absolute Gasteiger partial charge is 0.482 e. The van der Waals surface area contributed by atoms with E-state index in [4.69, 9.17) is 4.74 Å². The van der Waals surface area contributed by atoms with Gasteiger partial charge in [0.25, 0.3) is 0 Å². The second-order valence-corrected chi connectivity index (χ2v) is 4.56. The predicted octanol–water partition coefficient (Wildman–Crippen LogP) is 3.24. The van der Waals surface area contributed by atoms with Crippen LogP contribution in [0.25, 0.3) is 11.0 Å². The summed E-state index contributed by atoms with van der Waals surface area (Å²) in [5.41, 5.74) is 3.31. The summed E-state index contributed by atoms with van der Waals surface area (Å²) in [5, 5.41) is 0. The van der Waals surface area contributed by atoms with Gasteiger partial charge in [-0.25, -0.2) is 4.98 Å². The van der Waals surface area contributed by atoms with E-state index in [1.165, 1.54) is 5.56 Å². The number of hydrogen-bond donors (Lipinski definition) is 1. The smallest absolute Gasteiger partial charge is 0.160 e. The fourth-order valence-corrected chi connectivity index (χ4v) is 2.46. The lowest BCUT2D eigenvalue weighted by Crippen LogP contribution is -2.05. The highest BCUT2D eigenvalue weighted by Gasteiger charge is 2.26. The monoisotopic (exact) mass is 236 g/mol. The molecule has 18 heavy (non-hydrogen) atoms. The lowest BCUT2D eigenvalue weighted by atomic mass is 10.1. The molecular formula is C15H12N2O. The summed E-state index contributed by atoms with van der Waals surface area (Å²) in [6, 6.07) is 16.2. The zero-order chi connectivity index (χ0) is 11.9. The molecule has 0 amide bonds. The molecule has 3 nitrogen and oxygen atoms in total. The minimum atomic E-state index is 0.00907. The first-order chi connectivity index (χ1) is 8.90. The van der Waals surface area contributed by atoms with Crippen molar-refractivity contribution in [3.63, 3.8) is 0 Å². The molecule has 3 aromatic rings. The molecular weight excluding hydrogens is 224 g/mol. The van der Waals surface area contributed by atoms with Crippen molar-refractivity contribution in [2.24, 2.45) is 0 Å². The zero-order valence-electron chi connectivity index (χ0n) is 9.76. The first kappa shape index (κ1) is 9.71. The highest BCUT2D eigenvalue weighted by atomic mass is 16.5. The molecule has 88 valence electrons. The van der Waals surface area contributed by atoms with Crippen LogP contribution < -0.4 is 4.74 Å². The molecule has 2 aromatic carbocycles. The van der Waals surface area contributed by atoms with Crippen LogP contribution in [0.5, 0.6) is 5.75 Å². The minimum Gasteiger partial charge on any atom is -0.482 e. The van der Waals surface area contributed by atoms with E-state index in [9.17, 15) is 0 Å². The Kier molecular flexibility index (Phi) is 1.94. The third-order valence-electron chi connectivity index (χ3n) is 3.36. The summed E-state index contributed by atoms with van der Waals surface area (Å²) in [4.78, 5) is 7.93. The molecule has 1 N–H and O–H groups in total. The van der Waals surface area contributed by atoms with Crippen LogP contribution in [-0.2, 0) is 6.42 Å². The summed E-state index contributed by atoms with van der Waals surface area (Å²) in [6.45, 7) is 0. The van der Waals surface area contributed by atoms with Crippen molar-refractivity contribution in [1.82, 2.24) is 9.97 Å². The molecule has 1 aromatic heterocycles. The van der Waals surface area contributed by atoms with Crippen molar-refractivity contribution in [2.45, 2.75) is 12.5 Å². The van der Waals surface area contributed by atoms with Crippen molar-refractivity contribution < 1.29 is 4.74 Å². The van der Waals surface area contributed by atoms with E-state index >= 15 is 0 Å². The summed E-state index contributed by atoms with van der Waals surface area (Å²) in [5.74, 6) is 1.88. The molecule has 0 bridgehead atoms. The Morgan fingerprint density at radius 2 is 1.89 bits per heavy atom. The number of rotatable bonds is 1. The normalized spacial score (nSPS) is 17.7. The van der Waals surface area contributed by atoms with Gasteiger partial charge in [-0.15, -0.1) is 0 Å². The number of H-pyrrole nitrogens is 1. The van der Waals surface area contributed by atoms with Gasteiger partial charge in [-0.3, -0.25) is 0 Å². The maximum absolute atomic E-state index is 5.93. The summed E-state index contributed by atoms with van der Waals surface area (Å²) >= 11 is 0. The van der Waals surface area contributed by atoms with E-state index < -0.39 is 0 Å². The molecule has 0 radical (unpaired) electrons. The van der Waals surface area contributed by atoms with E-state index in [2.05, 4.69) is 16.0 Å². The number of hydrogen-bond acceptors (Lipinski definition) is 2. The van der Waals surface area contributed by atoms with Gasteiger partial charge in [0.1, 0.15) is 11.6 Å². The second kappa shape index (κ2) is 3.60. The lowest BCUT2D eigenvalue weighted by Gasteiger charge is -2.06. The van der Waals surface area contributed by atoms with Gasteiger partial charge in [0.15, 0.2) is 6.10 Å². The summed E-state index contributed by atoms with van der Waals surface area (Å²) in [7, 11) is 0. The Bertz CT molecular complexity index is 659. The fourth-order valence-electron chi connectivity index (χ4n) is 2.46. The highest BCUT2D eigenvalue weighted by Crippen LogP contribution is 2.35. The van der Waals surface area contributed by atoms with Crippen LogP contribution >= 0.6 is 0 Å². The van der Waals surface area contributed by atoms with Crippen LogP contribution in [-0.4, -0.2) is 9.97 Å². The zero-order valence-corrected chi connectivity index (χ0v) is 9.76. The fraction of sp³-hybridized carbons (Fsp3) is 0.133. The van der Waals surface area contributed by atoms with Crippen LogP contribution in [0, 0.1) is 0 Å². The Balaban J connectivity index is 1.73. The maximum Gasteiger partial charge on any atom is 0.160 e. The molecule has 0 saturated carbocycles. The standard InChI is InChI=1S/C15H12N2O/c1-4-8-13-10(5-1)9-14(18-13)15-16-11-6-2-3-7-12(11)17-15/h1-8,14H,9H2,(H,16,17). The SMILES string of the molecule is c1ccc2c(c1)CC(c1nc3ccccc3[nH]1)O2. The Labute approximate surface area is 104 Å². The van der Waals surface area contributed by atoms with Crippen molar-refractivity contribution in [1.29, 1.82) is 0 Å². The van der Waals surface area contributed by atoms with Crippen LogP contribution in [0.15, 0.2) is 48.5 Å². The molecule has 4 rings (SSSR count). The van der Waals surface area contributed by atoms with Crippen LogP contribution in [0.1, 0.15) is 17.5 Å². The Morgan fingerprint density at radius 1 is 1.06 bits per heavy atom. The average Bonchev–Trinajstić information content (AvgIpc) is 3.02. The lowest BCUT2D eigenvalue weighted by molar-refractivity contribution is 0.229. The topological polar surface area (TPSA) is 37.9 Å². The highest BCUT2D eigenvalue weighted by molar-refractivity contribution is 5.74. The molecule has 0 aliphatic carbocycles. The first-order valence-electron chi connectivity index (χ1n) is 6.09. The molecule has 1 aliphatic rings. The van der Waals surface area contributed by atoms with E-state index in [0.29, 0.717) is 0 Å². The third-order valence-corrected chi connectivity index (χ3v) is 3.36. The number of nitrogens with zero attached hydrogens (tertiary/aromatic N) is 1. The average molecular weight is 236 g/mol. The molecule has 0 saturated heterocycles. The maximum atomic E-state index is 5.93. The van der Waals surface area contributed by atoms with Gasteiger partial charge in [0.2, 0.25) is 0 Å². The van der Waals surface area contributed by atoms with Gasteiger partial charge in [-0.1, -0.05) is 30.3 Å². The van der Waals surface area contributed by atoms with Gasteiger partial charge in [-0.2, -0.15) is 0 Å². The number of ether oxygens (including phenoxy) is 1. The molecule has 1 aliphatic heterocycles. The van der Waals surface area contributed by atoms with Crippen molar-refractivity contribution in [3.8, 4) is 5.75 Å². The third kappa shape index (κ3) is 1.40. The van der Waals surface area contributed by atoms with Gasteiger partial charge in [0, 0.05) is 6.42 Å². The van der Waals surface area contributed by atoms with Crippen LogP contribution in [0.4, 0.5) is 0 Å². The number of nitrogens with one attached hydrogen (secondary N) is 1. The number of imidazole rings is 1. The summed E-state index contributed by atoms with van der Waals surface area (Å²) < 4.78 is 5.93. The summed E-state index contributed by atoms with van der Waals surface area (Å²) in [6.07, 6.45) is 0.894. The van der Waals surface area contributed by atoms with Gasteiger partial charge < -0.3 is 9.72 Å². The van der Waals surface area contributed by atoms with Crippen molar-refractivity contribution in [3.05, 3.63) is 59.9 Å². The van der Waals surface area contributed by atoms with Crippen molar-refractivity contribution in [2.75, 3.05) is 0 Å². The number of aromatic amines is 1.